The molecule has 0 saturated heterocycles. The summed E-state index contributed by atoms with van der Waals surface area (Å²) in [6.07, 6.45) is 0. The van der Waals surface area contributed by atoms with Crippen molar-refractivity contribution >= 4 is 33.2 Å². The van der Waals surface area contributed by atoms with Gasteiger partial charge in [0.05, 0.1) is 12.0 Å². The van der Waals surface area contributed by atoms with E-state index in [1.807, 2.05) is 12.1 Å². The third-order valence-electron chi connectivity index (χ3n) is 3.48. The zero-order chi connectivity index (χ0) is 17.3. The molecular formula is C18H14FNO3S. The quantitative estimate of drug-likeness (QED) is 0.733. The summed E-state index contributed by atoms with van der Waals surface area (Å²) in [5.41, 5.74) is 0.727. The lowest BCUT2D eigenvalue weighted by molar-refractivity contribution is 0.0851. The van der Waals surface area contributed by atoms with Crippen LogP contribution in [0.2, 0.25) is 0 Å². The number of carbonyl (C=O) groups excluding carboxylic acids is 2. The molecule has 0 saturated carbocycles. The predicted molar refractivity (Wildman–Crippen MR) is 91.3 cm³/mol. The molecule has 1 aromatic heterocycles. The monoisotopic (exact) mass is 343 g/mol. The number of hydrogen-bond acceptors (Lipinski definition) is 4. The van der Waals surface area contributed by atoms with E-state index in [9.17, 15) is 14.0 Å². The zero-order valence-electron chi connectivity index (χ0n) is 13.1. The number of methoxy groups -OCH3 is 1. The molecule has 2 amide bonds. The number of rotatable bonds is 3. The van der Waals surface area contributed by atoms with Crippen LogP contribution in [0.3, 0.4) is 0 Å². The number of amides is 2. The summed E-state index contributed by atoms with van der Waals surface area (Å²) >= 11 is 1.27. The van der Waals surface area contributed by atoms with Crippen LogP contribution in [0.25, 0.3) is 10.1 Å². The minimum absolute atomic E-state index is 0.114. The Morgan fingerprint density at radius 1 is 1.08 bits per heavy atom. The van der Waals surface area contributed by atoms with E-state index < -0.39 is 17.6 Å². The molecule has 122 valence electrons. The molecule has 1 heterocycles. The third kappa shape index (κ3) is 3.28. The minimum atomic E-state index is -0.627. The fourth-order valence-corrected chi connectivity index (χ4v) is 3.30. The second-order valence-corrected chi connectivity index (χ2v) is 6.40. The first-order chi connectivity index (χ1) is 11.5. The van der Waals surface area contributed by atoms with Gasteiger partial charge in [-0.1, -0.05) is 0 Å². The molecule has 0 atom stereocenters. The second-order valence-electron chi connectivity index (χ2n) is 5.31. The van der Waals surface area contributed by atoms with Gasteiger partial charge in [-0.3, -0.25) is 14.9 Å². The molecule has 0 aliphatic rings. The van der Waals surface area contributed by atoms with Crippen LogP contribution in [0, 0.1) is 12.7 Å². The van der Waals surface area contributed by atoms with Crippen LogP contribution in [0.1, 0.15) is 25.6 Å². The van der Waals surface area contributed by atoms with Gasteiger partial charge in [0.15, 0.2) is 0 Å². The summed E-state index contributed by atoms with van der Waals surface area (Å²) in [7, 11) is 1.57. The fraction of sp³-hybridized carbons (Fsp3) is 0.111. The summed E-state index contributed by atoms with van der Waals surface area (Å²) in [5, 5.41) is 3.15. The molecule has 3 aromatic rings. The number of carbonyl (C=O) groups is 2. The van der Waals surface area contributed by atoms with Crippen molar-refractivity contribution in [1.29, 1.82) is 0 Å². The van der Waals surface area contributed by atoms with Gasteiger partial charge < -0.3 is 4.74 Å². The number of thiophene rings is 1. The van der Waals surface area contributed by atoms with Gasteiger partial charge in [-0.25, -0.2) is 4.39 Å². The molecule has 24 heavy (non-hydrogen) atoms. The number of imide groups is 1. The van der Waals surface area contributed by atoms with E-state index in [1.165, 1.54) is 23.5 Å². The normalized spacial score (nSPS) is 10.6. The zero-order valence-corrected chi connectivity index (χ0v) is 13.9. The molecule has 0 fully saturated rings. The smallest absolute Gasteiger partial charge is 0.268 e. The highest BCUT2D eigenvalue weighted by Gasteiger charge is 2.16. The SMILES string of the molecule is COc1ccc2sc(C(=O)NC(=O)c3cc(C)cc(F)c3)cc2c1. The number of aryl methyl sites for hydroxylation is 1. The van der Waals surface area contributed by atoms with Crippen molar-refractivity contribution < 1.29 is 18.7 Å². The Hall–Kier alpha value is -2.73. The molecule has 0 bridgehead atoms. The first-order valence-corrected chi connectivity index (χ1v) is 7.98. The largest absolute Gasteiger partial charge is 0.497 e. The Bertz CT molecular complexity index is 928. The average Bonchev–Trinajstić information content (AvgIpc) is 2.96. The lowest BCUT2D eigenvalue weighted by atomic mass is 10.1. The summed E-state index contributed by atoms with van der Waals surface area (Å²) in [5.74, 6) is -0.958. The van der Waals surface area contributed by atoms with Crippen molar-refractivity contribution in [1.82, 2.24) is 5.32 Å². The summed E-state index contributed by atoms with van der Waals surface area (Å²) in [6.45, 7) is 1.68. The number of fused-ring (bicyclic) bond motifs is 1. The van der Waals surface area contributed by atoms with Gasteiger partial charge in [-0.15, -0.1) is 11.3 Å². The van der Waals surface area contributed by atoms with Gasteiger partial charge in [0.1, 0.15) is 11.6 Å². The van der Waals surface area contributed by atoms with Crippen LogP contribution >= 0.6 is 11.3 Å². The van der Waals surface area contributed by atoms with E-state index in [4.69, 9.17) is 4.74 Å². The average molecular weight is 343 g/mol. The van der Waals surface area contributed by atoms with Crippen molar-refractivity contribution in [2.24, 2.45) is 0 Å². The van der Waals surface area contributed by atoms with E-state index in [2.05, 4.69) is 5.32 Å². The highest BCUT2D eigenvalue weighted by atomic mass is 32.1. The van der Waals surface area contributed by atoms with Crippen molar-refractivity contribution in [3.8, 4) is 5.75 Å². The Morgan fingerprint density at radius 3 is 2.58 bits per heavy atom. The van der Waals surface area contributed by atoms with Crippen molar-refractivity contribution in [2.45, 2.75) is 6.92 Å². The van der Waals surface area contributed by atoms with Crippen molar-refractivity contribution in [2.75, 3.05) is 7.11 Å². The Balaban J connectivity index is 1.82. The van der Waals surface area contributed by atoms with Gasteiger partial charge in [-0.05, 0) is 60.3 Å². The minimum Gasteiger partial charge on any atom is -0.497 e. The molecule has 0 aliphatic heterocycles. The summed E-state index contributed by atoms with van der Waals surface area (Å²) in [6, 6.07) is 11.1. The fourth-order valence-electron chi connectivity index (χ4n) is 2.36. The van der Waals surface area contributed by atoms with Gasteiger partial charge in [-0.2, -0.15) is 0 Å². The van der Waals surface area contributed by atoms with Crippen LogP contribution in [-0.4, -0.2) is 18.9 Å². The van der Waals surface area contributed by atoms with E-state index in [-0.39, 0.29) is 5.56 Å². The number of halogens is 1. The molecule has 0 unspecified atom stereocenters. The summed E-state index contributed by atoms with van der Waals surface area (Å²) in [4.78, 5) is 24.8. The number of hydrogen-bond donors (Lipinski definition) is 1. The van der Waals surface area contributed by atoms with Crippen molar-refractivity contribution in [3.63, 3.8) is 0 Å². The van der Waals surface area contributed by atoms with Gasteiger partial charge in [0, 0.05) is 10.3 Å². The third-order valence-corrected chi connectivity index (χ3v) is 4.59. The van der Waals surface area contributed by atoms with E-state index in [0.29, 0.717) is 16.2 Å². The lowest BCUT2D eigenvalue weighted by Crippen LogP contribution is -2.29. The highest BCUT2D eigenvalue weighted by molar-refractivity contribution is 7.20. The molecule has 0 aliphatic carbocycles. The standard InChI is InChI=1S/C18H14FNO3S/c1-10-5-12(7-13(19)6-10)17(21)20-18(22)16-9-11-8-14(23-2)3-4-15(11)24-16/h3-9H,1-2H3,(H,20,21,22). The molecule has 2 aromatic carbocycles. The van der Waals surface area contributed by atoms with Crippen LogP contribution in [0.4, 0.5) is 4.39 Å². The number of benzene rings is 2. The maximum atomic E-state index is 13.4. The molecule has 0 radical (unpaired) electrons. The second kappa shape index (κ2) is 6.41. The van der Waals surface area contributed by atoms with Gasteiger partial charge in [0.2, 0.25) is 0 Å². The Kier molecular flexibility index (Phi) is 4.31. The molecule has 6 heteroatoms. The van der Waals surface area contributed by atoms with Gasteiger partial charge in [0.25, 0.3) is 11.8 Å². The van der Waals surface area contributed by atoms with Crippen molar-refractivity contribution in [3.05, 3.63) is 64.3 Å². The molecule has 3 rings (SSSR count). The highest BCUT2D eigenvalue weighted by Crippen LogP contribution is 2.28. The Labute approximate surface area is 141 Å². The van der Waals surface area contributed by atoms with Gasteiger partial charge >= 0.3 is 0 Å². The Morgan fingerprint density at radius 2 is 1.88 bits per heavy atom. The molecule has 0 spiro atoms. The lowest BCUT2D eigenvalue weighted by Gasteiger charge is -2.04. The first-order valence-electron chi connectivity index (χ1n) is 7.17. The molecular weight excluding hydrogens is 329 g/mol. The summed E-state index contributed by atoms with van der Waals surface area (Å²) < 4.78 is 19.4. The van der Waals surface area contributed by atoms with Crippen LogP contribution in [0.5, 0.6) is 5.75 Å². The number of ether oxygens (including phenoxy) is 1. The topological polar surface area (TPSA) is 55.4 Å². The molecule has 4 nitrogen and oxygen atoms in total. The van der Waals surface area contributed by atoms with Crippen LogP contribution in [0.15, 0.2) is 42.5 Å². The molecule has 1 N–H and O–H groups in total. The van der Waals surface area contributed by atoms with Crippen LogP contribution in [-0.2, 0) is 0 Å². The maximum absolute atomic E-state index is 13.4. The number of nitrogens with one attached hydrogen (secondary N) is 1. The van der Waals surface area contributed by atoms with E-state index in [0.717, 1.165) is 16.2 Å². The predicted octanol–water partition coefficient (Wildman–Crippen LogP) is 3.93. The van der Waals surface area contributed by atoms with E-state index in [1.54, 1.807) is 26.2 Å². The first kappa shape index (κ1) is 16.1. The van der Waals surface area contributed by atoms with E-state index >= 15 is 0 Å². The van der Waals surface area contributed by atoms with Crippen LogP contribution < -0.4 is 10.1 Å². The maximum Gasteiger partial charge on any atom is 0.268 e.